The number of carbonyl (C=O) groups is 2. The lowest BCUT2D eigenvalue weighted by molar-refractivity contribution is -0.141. The zero-order valence-electron chi connectivity index (χ0n) is 17.8. The molecule has 0 aliphatic heterocycles. The van der Waals surface area contributed by atoms with E-state index in [4.69, 9.17) is 4.74 Å². The SMILES string of the molecule is CC(=O)OCCCCC[C@@H]1Cc2cc(O)ccc2[C@H]2CC[C@]3(C)C(=O)CC[C@H]3[C@H]12. The van der Waals surface area contributed by atoms with Crippen LogP contribution in [0.1, 0.15) is 82.3 Å². The van der Waals surface area contributed by atoms with E-state index in [2.05, 4.69) is 13.0 Å². The Hall–Kier alpha value is -1.84. The fourth-order valence-electron chi connectivity index (χ4n) is 6.73. The largest absolute Gasteiger partial charge is 0.508 e. The van der Waals surface area contributed by atoms with Crippen LogP contribution in [0.25, 0.3) is 0 Å². The second-order valence-electron chi connectivity index (χ2n) is 9.75. The lowest BCUT2D eigenvalue weighted by Gasteiger charge is -2.51. The van der Waals surface area contributed by atoms with Gasteiger partial charge in [-0.1, -0.05) is 25.8 Å². The highest BCUT2D eigenvalue weighted by Crippen LogP contribution is 2.61. The van der Waals surface area contributed by atoms with Crippen molar-refractivity contribution < 1.29 is 19.4 Å². The lowest BCUT2D eigenvalue weighted by Crippen LogP contribution is -2.46. The van der Waals surface area contributed by atoms with E-state index in [9.17, 15) is 14.7 Å². The van der Waals surface area contributed by atoms with E-state index in [1.807, 2.05) is 12.1 Å². The van der Waals surface area contributed by atoms with E-state index in [-0.39, 0.29) is 11.4 Å². The smallest absolute Gasteiger partial charge is 0.302 e. The van der Waals surface area contributed by atoms with Gasteiger partial charge in [0.2, 0.25) is 0 Å². The van der Waals surface area contributed by atoms with Crippen molar-refractivity contribution in [3.8, 4) is 5.75 Å². The van der Waals surface area contributed by atoms with Gasteiger partial charge in [0, 0.05) is 18.8 Å². The van der Waals surface area contributed by atoms with Gasteiger partial charge in [0.25, 0.3) is 0 Å². The van der Waals surface area contributed by atoms with Crippen molar-refractivity contribution in [3.05, 3.63) is 29.3 Å². The zero-order valence-corrected chi connectivity index (χ0v) is 17.8. The predicted molar refractivity (Wildman–Crippen MR) is 112 cm³/mol. The third-order valence-electron chi connectivity index (χ3n) is 8.12. The fourth-order valence-corrected chi connectivity index (χ4v) is 6.73. The van der Waals surface area contributed by atoms with Gasteiger partial charge in [-0.05, 0) is 85.5 Å². The molecule has 2 fully saturated rings. The number of benzene rings is 1. The van der Waals surface area contributed by atoms with Crippen molar-refractivity contribution in [2.75, 3.05) is 6.61 Å². The van der Waals surface area contributed by atoms with Crippen molar-refractivity contribution in [3.63, 3.8) is 0 Å². The van der Waals surface area contributed by atoms with Crippen LogP contribution < -0.4 is 0 Å². The summed E-state index contributed by atoms with van der Waals surface area (Å²) in [5.74, 6) is 2.81. The van der Waals surface area contributed by atoms with Crippen LogP contribution >= 0.6 is 0 Å². The minimum Gasteiger partial charge on any atom is -0.508 e. The first kappa shape index (κ1) is 20.4. The molecular weight excluding hydrogens is 364 g/mol. The summed E-state index contributed by atoms with van der Waals surface area (Å²) >= 11 is 0. The molecule has 2 saturated carbocycles. The first-order valence-corrected chi connectivity index (χ1v) is 11.4. The van der Waals surface area contributed by atoms with Gasteiger partial charge in [0.1, 0.15) is 11.5 Å². The molecule has 0 bridgehead atoms. The van der Waals surface area contributed by atoms with Gasteiger partial charge >= 0.3 is 5.97 Å². The van der Waals surface area contributed by atoms with Crippen LogP contribution in [-0.2, 0) is 20.7 Å². The highest BCUT2D eigenvalue weighted by molar-refractivity contribution is 5.87. The Labute approximate surface area is 174 Å². The lowest BCUT2D eigenvalue weighted by atomic mass is 9.52. The molecule has 3 aliphatic rings. The number of fused-ring (bicyclic) bond motifs is 5. The summed E-state index contributed by atoms with van der Waals surface area (Å²) in [4.78, 5) is 23.6. The Morgan fingerprint density at radius 3 is 2.86 bits per heavy atom. The van der Waals surface area contributed by atoms with E-state index in [1.54, 1.807) is 0 Å². The maximum absolute atomic E-state index is 12.7. The quantitative estimate of drug-likeness (QED) is 0.530. The third-order valence-corrected chi connectivity index (χ3v) is 8.12. The van der Waals surface area contributed by atoms with E-state index in [1.165, 1.54) is 18.1 Å². The van der Waals surface area contributed by atoms with Crippen LogP contribution in [0.2, 0.25) is 0 Å². The van der Waals surface area contributed by atoms with Crippen molar-refractivity contribution >= 4 is 11.8 Å². The molecule has 0 radical (unpaired) electrons. The first-order valence-electron chi connectivity index (χ1n) is 11.4. The van der Waals surface area contributed by atoms with Crippen LogP contribution in [0.15, 0.2) is 18.2 Å². The Morgan fingerprint density at radius 1 is 1.24 bits per heavy atom. The van der Waals surface area contributed by atoms with Gasteiger partial charge in [-0.2, -0.15) is 0 Å². The van der Waals surface area contributed by atoms with Crippen LogP contribution in [0.5, 0.6) is 5.75 Å². The molecule has 3 aliphatic carbocycles. The number of unbranched alkanes of at least 4 members (excludes halogenated alkanes) is 2. The van der Waals surface area contributed by atoms with Crippen molar-refractivity contribution in [1.29, 1.82) is 0 Å². The number of carbonyl (C=O) groups excluding carboxylic acids is 2. The van der Waals surface area contributed by atoms with Crippen molar-refractivity contribution in [2.24, 2.45) is 23.2 Å². The van der Waals surface area contributed by atoms with Gasteiger partial charge in [-0.15, -0.1) is 0 Å². The monoisotopic (exact) mass is 398 g/mol. The number of phenols is 1. The molecule has 29 heavy (non-hydrogen) atoms. The molecule has 5 atom stereocenters. The highest BCUT2D eigenvalue weighted by atomic mass is 16.5. The normalized spacial score (nSPS) is 33.0. The molecule has 1 aromatic carbocycles. The molecule has 0 heterocycles. The molecule has 4 rings (SSSR count). The molecule has 0 saturated heterocycles. The number of ketones is 1. The maximum Gasteiger partial charge on any atom is 0.302 e. The van der Waals surface area contributed by atoms with Crippen LogP contribution in [-0.4, -0.2) is 23.5 Å². The minimum absolute atomic E-state index is 0.122. The van der Waals surface area contributed by atoms with Crippen LogP contribution in [0.4, 0.5) is 0 Å². The Balaban J connectivity index is 1.51. The molecule has 0 aromatic heterocycles. The van der Waals surface area contributed by atoms with Gasteiger partial charge in [0.15, 0.2) is 0 Å². The molecule has 1 aromatic rings. The maximum atomic E-state index is 12.7. The number of rotatable bonds is 6. The van der Waals surface area contributed by atoms with Gasteiger partial charge in [-0.25, -0.2) is 0 Å². The number of Topliss-reactive ketones (excluding diaryl/α,β-unsaturated/α-hetero) is 1. The zero-order chi connectivity index (χ0) is 20.6. The van der Waals surface area contributed by atoms with Gasteiger partial charge in [-0.3, -0.25) is 9.59 Å². The molecule has 0 amide bonds. The number of aromatic hydroxyl groups is 1. The Kier molecular flexibility index (Phi) is 5.72. The van der Waals surface area contributed by atoms with Crippen LogP contribution in [0, 0.1) is 23.2 Å². The van der Waals surface area contributed by atoms with Crippen molar-refractivity contribution in [2.45, 2.75) is 77.6 Å². The average Bonchev–Trinajstić information content (AvgIpc) is 2.98. The summed E-state index contributed by atoms with van der Waals surface area (Å²) in [7, 11) is 0. The topological polar surface area (TPSA) is 63.6 Å². The number of ether oxygens (including phenoxy) is 1. The summed E-state index contributed by atoms with van der Waals surface area (Å²) in [6.07, 6.45) is 9.16. The van der Waals surface area contributed by atoms with Crippen molar-refractivity contribution in [1.82, 2.24) is 0 Å². The minimum atomic E-state index is -0.205. The summed E-state index contributed by atoms with van der Waals surface area (Å²) < 4.78 is 5.06. The number of esters is 1. The molecule has 1 N–H and O–H groups in total. The van der Waals surface area contributed by atoms with Crippen LogP contribution in [0.3, 0.4) is 0 Å². The highest BCUT2D eigenvalue weighted by Gasteiger charge is 2.56. The molecular formula is C25H34O4. The summed E-state index contributed by atoms with van der Waals surface area (Å²) in [6.45, 7) is 4.20. The molecule has 0 spiro atoms. The van der Waals surface area contributed by atoms with E-state index in [0.29, 0.717) is 41.8 Å². The fraction of sp³-hybridized carbons (Fsp3) is 0.680. The Bertz CT molecular complexity index is 785. The standard InChI is InChI=1S/C25H34O4/c1-16(26)29-13-5-3-4-6-17-14-18-15-19(27)7-8-20(18)21-11-12-25(2)22(24(17)21)9-10-23(25)28/h7-8,15,17,21-22,24,27H,3-6,9-14H2,1-2H3/t17-,21-,22+,24-,25+/m1/s1. The number of phenolic OH excluding ortho intramolecular Hbond substituents is 1. The number of hydrogen-bond donors (Lipinski definition) is 1. The van der Waals surface area contributed by atoms with E-state index < -0.39 is 0 Å². The average molecular weight is 399 g/mol. The molecule has 4 nitrogen and oxygen atoms in total. The molecule has 158 valence electrons. The summed E-state index contributed by atoms with van der Waals surface area (Å²) in [6, 6.07) is 5.93. The third kappa shape index (κ3) is 3.83. The van der Waals surface area contributed by atoms with E-state index >= 15 is 0 Å². The predicted octanol–water partition coefficient (Wildman–Crippen LogP) is 5.17. The van der Waals surface area contributed by atoms with Gasteiger partial charge < -0.3 is 9.84 Å². The summed E-state index contributed by atoms with van der Waals surface area (Å²) in [5, 5.41) is 10.0. The van der Waals surface area contributed by atoms with Gasteiger partial charge in [0.05, 0.1) is 6.61 Å². The number of hydrogen-bond acceptors (Lipinski definition) is 4. The molecule has 0 unspecified atom stereocenters. The van der Waals surface area contributed by atoms with E-state index in [0.717, 1.165) is 57.8 Å². The second kappa shape index (κ2) is 8.12. The molecule has 4 heteroatoms. The first-order chi connectivity index (χ1) is 13.9. The second-order valence-corrected chi connectivity index (χ2v) is 9.75. The Morgan fingerprint density at radius 2 is 2.07 bits per heavy atom. The summed E-state index contributed by atoms with van der Waals surface area (Å²) in [5.41, 5.74) is 2.60.